The number of carbonyl (C=O) groups is 1. The minimum Gasteiger partial charge on any atom is -0.371 e. The van der Waals surface area contributed by atoms with Crippen LogP contribution in [0, 0.1) is 0 Å². The van der Waals surface area contributed by atoms with E-state index in [-0.39, 0.29) is 10.8 Å². The summed E-state index contributed by atoms with van der Waals surface area (Å²) < 4.78 is 25.0. The Morgan fingerprint density at radius 2 is 1.77 bits per heavy atom. The molecular formula is C30H34N6O3S. The maximum Gasteiger partial charge on any atom is 0.259 e. The van der Waals surface area contributed by atoms with E-state index in [1.807, 2.05) is 6.07 Å². The first-order valence-electron chi connectivity index (χ1n) is 13.7. The molecule has 0 radical (unpaired) electrons. The molecule has 0 spiro atoms. The lowest BCUT2D eigenvalue weighted by Crippen LogP contribution is -2.42. The highest BCUT2D eigenvalue weighted by Crippen LogP contribution is 2.35. The van der Waals surface area contributed by atoms with Crippen molar-refractivity contribution in [3.8, 4) is 11.3 Å². The number of piperidine rings is 1. The maximum absolute atomic E-state index is 13.5. The molecule has 208 valence electrons. The van der Waals surface area contributed by atoms with Crippen LogP contribution in [0.5, 0.6) is 0 Å². The third-order valence-electron chi connectivity index (χ3n) is 8.20. The summed E-state index contributed by atoms with van der Waals surface area (Å²) in [6.45, 7) is 5.82. The first-order chi connectivity index (χ1) is 19.1. The van der Waals surface area contributed by atoms with Crippen LogP contribution >= 0.6 is 0 Å². The van der Waals surface area contributed by atoms with Crippen molar-refractivity contribution in [2.75, 3.05) is 37.0 Å². The van der Waals surface area contributed by atoms with Crippen molar-refractivity contribution in [3.05, 3.63) is 66.0 Å². The van der Waals surface area contributed by atoms with Gasteiger partial charge in [-0.1, -0.05) is 12.1 Å². The second-order valence-corrected chi connectivity index (χ2v) is 13.7. The lowest BCUT2D eigenvalue weighted by atomic mass is 10.0. The first-order valence-corrected chi connectivity index (χ1v) is 15.2. The number of amides is 1. The number of hydrogen-bond acceptors (Lipinski definition) is 7. The molecule has 1 amide bonds. The van der Waals surface area contributed by atoms with Crippen molar-refractivity contribution in [2.45, 2.75) is 49.4 Å². The summed E-state index contributed by atoms with van der Waals surface area (Å²) in [6, 6.07) is 13.5. The van der Waals surface area contributed by atoms with E-state index < -0.39 is 15.1 Å². The van der Waals surface area contributed by atoms with E-state index in [2.05, 4.69) is 46.0 Å². The fraction of sp³-hybridized carbons (Fsp3) is 0.367. The van der Waals surface area contributed by atoms with Crippen molar-refractivity contribution in [3.63, 3.8) is 0 Å². The SMILES string of the molecule is CC(C)S(=O)(=O)c1ccc(-c2cnc3[nH]cc(N4Cc5cc(N6CCC(N(C)C)CC6)ccc5C4=O)c3n2)cc1. The van der Waals surface area contributed by atoms with Gasteiger partial charge in [-0.05, 0) is 76.7 Å². The summed E-state index contributed by atoms with van der Waals surface area (Å²) in [7, 11) is 0.928. The topological polar surface area (TPSA) is 102 Å². The zero-order chi connectivity index (χ0) is 28.2. The molecule has 1 fully saturated rings. The van der Waals surface area contributed by atoms with Gasteiger partial charge in [0.05, 0.1) is 34.3 Å². The van der Waals surface area contributed by atoms with Gasteiger partial charge in [-0.25, -0.2) is 18.4 Å². The number of aromatic nitrogens is 3. The second kappa shape index (κ2) is 10.0. The third-order valence-corrected chi connectivity index (χ3v) is 10.4. The van der Waals surface area contributed by atoms with Crippen molar-refractivity contribution < 1.29 is 13.2 Å². The van der Waals surface area contributed by atoms with E-state index in [1.165, 1.54) is 0 Å². The molecule has 1 saturated heterocycles. The van der Waals surface area contributed by atoms with Crippen molar-refractivity contribution in [2.24, 2.45) is 0 Å². The van der Waals surface area contributed by atoms with E-state index in [1.54, 1.807) is 55.4 Å². The summed E-state index contributed by atoms with van der Waals surface area (Å²) in [5.74, 6) is -0.0517. The van der Waals surface area contributed by atoms with Crippen molar-refractivity contribution >= 4 is 38.3 Å². The summed E-state index contributed by atoms with van der Waals surface area (Å²) in [5, 5.41) is -0.495. The van der Waals surface area contributed by atoms with Gasteiger partial charge in [-0.2, -0.15) is 0 Å². The van der Waals surface area contributed by atoms with E-state index in [9.17, 15) is 13.2 Å². The minimum absolute atomic E-state index is 0.0517. The second-order valence-electron chi connectivity index (χ2n) is 11.2. The number of anilines is 2. The quantitative estimate of drug-likeness (QED) is 0.372. The van der Waals surface area contributed by atoms with Crippen LogP contribution in [0.4, 0.5) is 11.4 Å². The van der Waals surface area contributed by atoms with Gasteiger partial charge < -0.3 is 19.7 Å². The van der Waals surface area contributed by atoms with Crippen LogP contribution in [0.1, 0.15) is 42.6 Å². The fourth-order valence-electron chi connectivity index (χ4n) is 5.65. The molecule has 1 N–H and O–H groups in total. The molecule has 0 bridgehead atoms. The molecule has 40 heavy (non-hydrogen) atoms. The molecule has 0 unspecified atom stereocenters. The molecule has 4 heterocycles. The van der Waals surface area contributed by atoms with Crippen LogP contribution in [0.25, 0.3) is 22.4 Å². The number of benzene rings is 2. The summed E-state index contributed by atoms with van der Waals surface area (Å²) in [4.78, 5) is 32.7. The maximum atomic E-state index is 13.5. The van der Waals surface area contributed by atoms with Crippen LogP contribution in [0.15, 0.2) is 59.8 Å². The third kappa shape index (κ3) is 4.54. The van der Waals surface area contributed by atoms with Crippen molar-refractivity contribution in [1.29, 1.82) is 0 Å². The van der Waals surface area contributed by atoms with Crippen LogP contribution in [-0.2, 0) is 16.4 Å². The van der Waals surface area contributed by atoms with Gasteiger partial charge >= 0.3 is 0 Å². The van der Waals surface area contributed by atoms with Gasteiger partial charge in [0.2, 0.25) is 0 Å². The molecule has 0 atom stereocenters. The molecule has 6 rings (SSSR count). The van der Waals surface area contributed by atoms with Gasteiger partial charge in [0, 0.05) is 42.1 Å². The van der Waals surface area contributed by atoms with E-state index >= 15 is 0 Å². The van der Waals surface area contributed by atoms with Crippen LogP contribution in [-0.4, -0.2) is 72.7 Å². The standard InChI is InChI=1S/C30H34N6O3S/c1-19(2)40(38,39)24-8-5-20(6-9-24)26-16-31-29-28(33-26)27(17-32-29)36-18-21-15-23(7-10-25(21)30(36)37)35-13-11-22(12-14-35)34(3)4/h5-10,15-17,19,22H,11-14,18H2,1-4H3,(H,31,32). The molecular weight excluding hydrogens is 524 g/mol. The predicted molar refractivity (Wildman–Crippen MR) is 158 cm³/mol. The summed E-state index contributed by atoms with van der Waals surface area (Å²) in [5.41, 5.74) is 6.12. The Morgan fingerprint density at radius 3 is 2.45 bits per heavy atom. The predicted octanol–water partition coefficient (Wildman–Crippen LogP) is 4.50. The number of H-pyrrole nitrogens is 1. The van der Waals surface area contributed by atoms with Crippen LogP contribution in [0.3, 0.4) is 0 Å². The van der Waals surface area contributed by atoms with Gasteiger partial charge in [0.25, 0.3) is 5.91 Å². The Bertz CT molecular complexity index is 1690. The Morgan fingerprint density at radius 1 is 1.05 bits per heavy atom. The number of hydrogen-bond donors (Lipinski definition) is 1. The average Bonchev–Trinajstić information content (AvgIpc) is 3.52. The van der Waals surface area contributed by atoms with Crippen LogP contribution < -0.4 is 9.80 Å². The molecule has 0 aliphatic carbocycles. The smallest absolute Gasteiger partial charge is 0.259 e. The Balaban J connectivity index is 1.26. The van der Waals surface area contributed by atoms with Crippen LogP contribution in [0.2, 0.25) is 0 Å². The van der Waals surface area contributed by atoms with Gasteiger partial charge in [-0.3, -0.25) is 4.79 Å². The summed E-state index contributed by atoms with van der Waals surface area (Å²) in [6.07, 6.45) is 5.69. The van der Waals surface area contributed by atoms with E-state index in [0.29, 0.717) is 40.7 Å². The number of nitrogens with zero attached hydrogens (tertiary/aromatic N) is 5. The zero-order valence-electron chi connectivity index (χ0n) is 23.3. The number of aromatic amines is 1. The first kappa shape index (κ1) is 26.5. The highest BCUT2D eigenvalue weighted by atomic mass is 32.2. The van der Waals surface area contributed by atoms with Gasteiger partial charge in [0.15, 0.2) is 15.5 Å². The average molecular weight is 559 g/mol. The number of fused-ring (bicyclic) bond motifs is 2. The highest BCUT2D eigenvalue weighted by molar-refractivity contribution is 7.92. The number of nitrogens with one attached hydrogen (secondary N) is 1. The molecule has 9 nitrogen and oxygen atoms in total. The number of rotatable bonds is 6. The molecule has 2 aromatic carbocycles. The fourth-order valence-corrected chi connectivity index (χ4v) is 6.71. The summed E-state index contributed by atoms with van der Waals surface area (Å²) >= 11 is 0. The van der Waals surface area contributed by atoms with Gasteiger partial charge in [-0.15, -0.1) is 0 Å². The molecule has 0 saturated carbocycles. The normalized spacial score (nSPS) is 16.5. The number of carbonyl (C=O) groups excluding carboxylic acids is 1. The monoisotopic (exact) mass is 558 g/mol. The number of sulfone groups is 1. The van der Waals surface area contributed by atoms with Gasteiger partial charge in [0.1, 0.15) is 5.52 Å². The molecule has 2 aliphatic rings. The van der Waals surface area contributed by atoms with Crippen molar-refractivity contribution in [1.82, 2.24) is 19.9 Å². The zero-order valence-corrected chi connectivity index (χ0v) is 24.1. The Kier molecular flexibility index (Phi) is 6.62. The Hall–Kier alpha value is -3.76. The largest absolute Gasteiger partial charge is 0.371 e. The minimum atomic E-state index is -3.36. The Labute approximate surface area is 234 Å². The molecule has 4 aromatic rings. The van der Waals surface area contributed by atoms with E-state index in [0.717, 1.165) is 42.7 Å². The lowest BCUT2D eigenvalue weighted by molar-refractivity contribution is 0.0997. The molecule has 10 heteroatoms. The molecule has 2 aliphatic heterocycles. The lowest BCUT2D eigenvalue weighted by Gasteiger charge is -2.36. The molecule has 2 aromatic heterocycles. The highest BCUT2D eigenvalue weighted by Gasteiger charge is 2.32. The van der Waals surface area contributed by atoms with E-state index in [4.69, 9.17) is 4.98 Å².